The van der Waals surface area contributed by atoms with Gasteiger partial charge < -0.3 is 24.8 Å². The number of rotatable bonds is 9. The lowest BCUT2D eigenvalue weighted by Crippen LogP contribution is -2.47. The number of nitrogens with one attached hydrogen (secondary N) is 2. The standard InChI is InChI=1S/C37H44N2O6S/c1-28(2)35-36(42)45-32(26-33(40)38-21-22-43-23-24-44-27-34(41)39-35)20-12-13-25-46-37(29-14-6-3-7-15-29,30-16-8-4-9-17-30)31-18-10-5-11-19-31/h3-12,14-20,28,32,35H,13,21-27H2,1-2H3,(H,38,40)(H,39,41)/t32-,35-/m1/s1. The van der Waals surface area contributed by atoms with E-state index >= 15 is 0 Å². The summed E-state index contributed by atoms with van der Waals surface area (Å²) in [6.07, 6.45) is 3.56. The lowest BCUT2D eigenvalue weighted by Gasteiger charge is -2.35. The fourth-order valence-corrected chi connectivity index (χ4v) is 6.75. The number of hydrogen-bond acceptors (Lipinski definition) is 7. The third-order valence-electron chi connectivity index (χ3n) is 7.56. The van der Waals surface area contributed by atoms with E-state index in [2.05, 4.69) is 83.4 Å². The van der Waals surface area contributed by atoms with Gasteiger partial charge in [-0.2, -0.15) is 0 Å². The molecule has 2 amide bonds. The SMILES string of the molecule is CC(C)[C@H]1NC(=O)COCCOCCNC(=O)C[C@@H](C=CCCSC(c2ccccc2)(c2ccccc2)c2ccccc2)OC1=O. The van der Waals surface area contributed by atoms with Crippen LogP contribution < -0.4 is 10.6 Å². The van der Waals surface area contributed by atoms with Crippen LogP contribution >= 0.6 is 11.8 Å². The molecule has 0 bridgehead atoms. The molecule has 3 aromatic carbocycles. The normalized spacial score (nSPS) is 19.4. The summed E-state index contributed by atoms with van der Waals surface area (Å²) in [5, 5.41) is 5.53. The summed E-state index contributed by atoms with van der Waals surface area (Å²) in [6, 6.07) is 30.6. The molecular formula is C37H44N2O6S. The van der Waals surface area contributed by atoms with Crippen LogP contribution in [0.4, 0.5) is 0 Å². The first kappa shape index (κ1) is 34.9. The Kier molecular flexibility index (Phi) is 13.9. The van der Waals surface area contributed by atoms with Crippen LogP contribution in [0.1, 0.15) is 43.4 Å². The van der Waals surface area contributed by atoms with Crippen molar-refractivity contribution in [1.82, 2.24) is 10.6 Å². The first-order chi connectivity index (χ1) is 22.4. The van der Waals surface area contributed by atoms with Crippen molar-refractivity contribution in [3.8, 4) is 0 Å². The molecular weight excluding hydrogens is 600 g/mol. The molecule has 1 heterocycles. The second kappa shape index (κ2) is 18.3. The van der Waals surface area contributed by atoms with Crippen LogP contribution in [0.2, 0.25) is 0 Å². The molecule has 1 saturated heterocycles. The molecule has 4 rings (SSSR count). The molecule has 9 heteroatoms. The summed E-state index contributed by atoms with van der Waals surface area (Å²) in [7, 11) is 0. The Morgan fingerprint density at radius 1 is 0.804 bits per heavy atom. The zero-order chi connectivity index (χ0) is 32.6. The Bertz CT molecular complexity index is 1300. The molecule has 2 atom stereocenters. The molecule has 1 aliphatic rings. The van der Waals surface area contributed by atoms with E-state index in [1.165, 1.54) is 16.7 Å². The van der Waals surface area contributed by atoms with Crippen molar-refractivity contribution in [2.75, 3.05) is 38.7 Å². The Balaban J connectivity index is 1.52. The van der Waals surface area contributed by atoms with Gasteiger partial charge in [0.2, 0.25) is 11.8 Å². The van der Waals surface area contributed by atoms with E-state index in [4.69, 9.17) is 14.2 Å². The van der Waals surface area contributed by atoms with E-state index < -0.39 is 28.8 Å². The predicted octanol–water partition coefficient (Wildman–Crippen LogP) is 5.26. The van der Waals surface area contributed by atoms with Crippen molar-refractivity contribution >= 4 is 29.5 Å². The van der Waals surface area contributed by atoms with Gasteiger partial charge in [0, 0.05) is 6.54 Å². The molecule has 2 N–H and O–H groups in total. The topological polar surface area (TPSA) is 103 Å². The summed E-state index contributed by atoms with van der Waals surface area (Å²) in [5.41, 5.74) is 3.54. The van der Waals surface area contributed by atoms with E-state index in [0.29, 0.717) is 26.2 Å². The van der Waals surface area contributed by atoms with Crippen LogP contribution in [0.25, 0.3) is 0 Å². The van der Waals surface area contributed by atoms with Crippen LogP contribution in [-0.4, -0.2) is 68.7 Å². The molecule has 1 aliphatic heterocycles. The minimum absolute atomic E-state index is 0.0424. The summed E-state index contributed by atoms with van der Waals surface area (Å²) >= 11 is 1.84. The average Bonchev–Trinajstić information content (AvgIpc) is 3.07. The summed E-state index contributed by atoms with van der Waals surface area (Å²) in [4.78, 5) is 38.4. The van der Waals surface area contributed by atoms with Crippen LogP contribution in [0.3, 0.4) is 0 Å². The number of carbonyl (C=O) groups is 3. The van der Waals surface area contributed by atoms with Crippen molar-refractivity contribution < 1.29 is 28.6 Å². The van der Waals surface area contributed by atoms with Gasteiger partial charge in [-0.1, -0.05) is 111 Å². The molecule has 0 aliphatic carbocycles. The molecule has 0 aromatic heterocycles. The fraction of sp³-hybridized carbons (Fsp3) is 0.378. The number of allylic oxidation sites excluding steroid dienone is 1. The summed E-state index contributed by atoms with van der Waals surface area (Å²) in [6.45, 7) is 4.61. The lowest BCUT2D eigenvalue weighted by atomic mass is 9.84. The van der Waals surface area contributed by atoms with Gasteiger partial charge in [-0.25, -0.2) is 4.79 Å². The van der Waals surface area contributed by atoms with Crippen LogP contribution in [0.5, 0.6) is 0 Å². The minimum atomic E-state index is -0.877. The zero-order valence-electron chi connectivity index (χ0n) is 26.6. The maximum Gasteiger partial charge on any atom is 0.329 e. The Morgan fingerprint density at radius 2 is 1.37 bits per heavy atom. The summed E-state index contributed by atoms with van der Waals surface area (Å²) < 4.78 is 16.2. The quantitative estimate of drug-likeness (QED) is 0.142. The number of thioether (sulfide) groups is 1. The highest BCUT2D eigenvalue weighted by Crippen LogP contribution is 2.48. The van der Waals surface area contributed by atoms with Crippen molar-refractivity contribution in [1.29, 1.82) is 0 Å². The summed E-state index contributed by atoms with van der Waals surface area (Å²) in [5.74, 6) is -0.736. The number of cyclic esters (lactones) is 1. The van der Waals surface area contributed by atoms with Gasteiger partial charge in [0.25, 0.3) is 0 Å². The highest BCUT2D eigenvalue weighted by molar-refractivity contribution is 8.00. The maximum absolute atomic E-state index is 13.2. The van der Waals surface area contributed by atoms with Gasteiger partial charge >= 0.3 is 5.97 Å². The van der Waals surface area contributed by atoms with E-state index in [0.717, 1.165) is 5.75 Å². The Labute approximate surface area is 276 Å². The third kappa shape index (κ3) is 10.0. The first-order valence-electron chi connectivity index (χ1n) is 15.8. The molecule has 1 fully saturated rings. The van der Waals surface area contributed by atoms with Gasteiger partial charge in [-0.15, -0.1) is 11.8 Å². The van der Waals surface area contributed by atoms with Crippen molar-refractivity contribution in [3.05, 3.63) is 120 Å². The zero-order valence-corrected chi connectivity index (χ0v) is 27.4. The van der Waals surface area contributed by atoms with Crippen molar-refractivity contribution in [2.24, 2.45) is 5.92 Å². The first-order valence-corrected chi connectivity index (χ1v) is 16.8. The van der Waals surface area contributed by atoms with Gasteiger partial charge in [-0.3, -0.25) is 9.59 Å². The lowest BCUT2D eigenvalue weighted by molar-refractivity contribution is -0.153. The molecule has 8 nitrogen and oxygen atoms in total. The molecule has 0 saturated carbocycles. The molecule has 3 aromatic rings. The second-order valence-electron chi connectivity index (χ2n) is 11.3. The number of amides is 2. The monoisotopic (exact) mass is 644 g/mol. The van der Waals surface area contributed by atoms with Gasteiger partial charge in [0.1, 0.15) is 18.8 Å². The van der Waals surface area contributed by atoms with Crippen molar-refractivity contribution in [2.45, 2.75) is 43.6 Å². The van der Waals surface area contributed by atoms with E-state index in [9.17, 15) is 14.4 Å². The smallest absolute Gasteiger partial charge is 0.329 e. The van der Waals surface area contributed by atoms with E-state index in [1.54, 1.807) is 6.08 Å². The molecule has 0 radical (unpaired) electrons. The molecule has 244 valence electrons. The largest absolute Gasteiger partial charge is 0.456 e. The Hall–Kier alpha value is -3.92. The highest BCUT2D eigenvalue weighted by atomic mass is 32.2. The maximum atomic E-state index is 13.2. The highest BCUT2D eigenvalue weighted by Gasteiger charge is 2.36. The number of ether oxygens (including phenoxy) is 3. The number of benzene rings is 3. The van der Waals surface area contributed by atoms with Gasteiger partial charge in [0.05, 0.1) is 31.0 Å². The van der Waals surface area contributed by atoms with Crippen LogP contribution in [0.15, 0.2) is 103 Å². The minimum Gasteiger partial charge on any atom is -0.456 e. The number of carbonyl (C=O) groups excluding carboxylic acids is 3. The van der Waals surface area contributed by atoms with Crippen LogP contribution in [0, 0.1) is 5.92 Å². The number of esters is 1. The average molecular weight is 645 g/mol. The fourth-order valence-electron chi connectivity index (χ4n) is 5.28. The second-order valence-corrected chi connectivity index (χ2v) is 12.6. The Morgan fingerprint density at radius 3 is 1.93 bits per heavy atom. The van der Waals surface area contributed by atoms with Crippen LogP contribution in [-0.2, 0) is 33.3 Å². The van der Waals surface area contributed by atoms with E-state index in [1.807, 2.05) is 49.9 Å². The van der Waals surface area contributed by atoms with E-state index in [-0.39, 0.29) is 31.5 Å². The third-order valence-corrected chi connectivity index (χ3v) is 9.14. The van der Waals surface area contributed by atoms with Gasteiger partial charge in [0.15, 0.2) is 0 Å². The molecule has 46 heavy (non-hydrogen) atoms. The predicted molar refractivity (Wildman–Crippen MR) is 181 cm³/mol. The molecule has 0 unspecified atom stereocenters. The molecule has 0 spiro atoms. The van der Waals surface area contributed by atoms with Gasteiger partial charge in [-0.05, 0) is 40.9 Å². The number of hydrogen-bond donors (Lipinski definition) is 2. The van der Waals surface area contributed by atoms with Crippen molar-refractivity contribution in [3.63, 3.8) is 0 Å².